The topological polar surface area (TPSA) is 410 Å². The van der Waals surface area contributed by atoms with Crippen LogP contribution in [0.5, 0.6) is 11.5 Å². The average molecular weight is 1150 g/mol. The van der Waals surface area contributed by atoms with Gasteiger partial charge >= 0.3 is 10.6 Å². The standard InChI is InChI=1S/C46H39N9O14S4.O3S/c1-25-17-38(41(68-4)23-36(25)51-54-40-21-33-29(20-44(40)73(65,66)67)7-6-8-43(33)72(62,63)64)52-50-35-22-42(69-5)39(18-26(35)2)53-55-45-27(3)34(24-47)37(19-28-9-13-31(14-10-28)70(56,57)58)49-46(45)48-30-11-15-32(16-12-30)71(59,60)61;1-4(2)3/h6-18,20-23H,19H2,1-5H3,(H,48,49)(H,56,57,58)(H,59,60,61)(H,62,63,64)(H,65,66,67);. The number of nitrogens with one attached hydrogen (secondary N) is 1. The summed E-state index contributed by atoms with van der Waals surface area (Å²) in [5.41, 5.74) is 3.14. The van der Waals surface area contributed by atoms with Crippen molar-refractivity contribution in [3.8, 4) is 17.6 Å². The molecule has 0 atom stereocenters. The van der Waals surface area contributed by atoms with E-state index >= 15 is 0 Å². The summed E-state index contributed by atoms with van der Waals surface area (Å²) in [6.45, 7) is 4.96. The SMILES string of the molecule is COc1cc(N=Nc2cc3c(S(=O)(=O)O)cccc3cc2S(=O)(=O)O)c(C)cc1N=Nc1cc(OC)c(N=Nc2c(Nc3ccc(S(=O)(=O)O)cc3)nc(Cc3ccc(S(=O)(=O)O)cc3)c(C#N)c2C)cc1C.O=S(=O)=O. The van der Waals surface area contributed by atoms with Crippen LogP contribution in [0.4, 0.5) is 45.6 Å². The molecule has 0 aliphatic rings. The van der Waals surface area contributed by atoms with E-state index in [0.29, 0.717) is 33.6 Å². The summed E-state index contributed by atoms with van der Waals surface area (Å²) in [5, 5.41) is 39.3. The van der Waals surface area contributed by atoms with Crippen LogP contribution in [-0.2, 0) is 57.5 Å². The van der Waals surface area contributed by atoms with Crippen LogP contribution < -0.4 is 14.8 Å². The second-order valence-electron chi connectivity index (χ2n) is 16.0. The Bertz CT molecular complexity index is 4230. The third-order valence-corrected chi connectivity index (χ3v) is 14.4. The van der Waals surface area contributed by atoms with Crippen LogP contribution >= 0.6 is 0 Å². The van der Waals surface area contributed by atoms with E-state index in [4.69, 9.17) is 27.1 Å². The van der Waals surface area contributed by atoms with Gasteiger partial charge in [-0.25, -0.2) is 4.98 Å². The Hall–Kier alpha value is -8.32. The zero-order valence-electron chi connectivity index (χ0n) is 40.2. The van der Waals surface area contributed by atoms with E-state index < -0.39 is 66.6 Å². The van der Waals surface area contributed by atoms with Gasteiger partial charge in [0.25, 0.3) is 40.5 Å². The number of anilines is 2. The van der Waals surface area contributed by atoms with Gasteiger partial charge in [0.1, 0.15) is 50.1 Å². The molecule has 0 spiro atoms. The molecule has 0 aliphatic heterocycles. The molecule has 400 valence electrons. The highest BCUT2D eigenvalue weighted by atomic mass is 32.2. The quantitative estimate of drug-likeness (QED) is 0.0444. The molecule has 6 aromatic carbocycles. The molecule has 0 saturated heterocycles. The van der Waals surface area contributed by atoms with Gasteiger partial charge in [-0.15, -0.1) is 33.1 Å². The first kappa shape index (κ1) is 57.9. The van der Waals surface area contributed by atoms with Crippen LogP contribution in [0.3, 0.4) is 0 Å². The maximum atomic E-state index is 12.4. The minimum absolute atomic E-state index is 0.0320. The van der Waals surface area contributed by atoms with Gasteiger partial charge in [-0.05, 0) is 110 Å². The van der Waals surface area contributed by atoms with E-state index in [0.717, 1.165) is 30.3 Å². The molecule has 0 unspecified atom stereocenters. The Kier molecular flexibility index (Phi) is 17.5. The van der Waals surface area contributed by atoms with Gasteiger partial charge in [0.2, 0.25) is 0 Å². The van der Waals surface area contributed by atoms with Crippen molar-refractivity contribution in [3.05, 3.63) is 137 Å². The first-order valence-electron chi connectivity index (χ1n) is 21.3. The van der Waals surface area contributed by atoms with Crippen LogP contribution in [0, 0.1) is 32.1 Å². The van der Waals surface area contributed by atoms with Crippen molar-refractivity contribution in [1.82, 2.24) is 4.98 Å². The molecule has 1 aromatic heterocycles. The second-order valence-corrected chi connectivity index (χ2v) is 22.0. The highest BCUT2D eigenvalue weighted by molar-refractivity contribution is 7.86. The predicted molar refractivity (Wildman–Crippen MR) is 274 cm³/mol. The summed E-state index contributed by atoms with van der Waals surface area (Å²) in [7, 11) is -19.0. The van der Waals surface area contributed by atoms with E-state index in [1.54, 1.807) is 32.9 Å². The highest BCUT2D eigenvalue weighted by Gasteiger charge is 2.23. The van der Waals surface area contributed by atoms with E-state index in [1.165, 1.54) is 74.9 Å². The van der Waals surface area contributed by atoms with Crippen molar-refractivity contribution in [2.24, 2.45) is 30.7 Å². The average Bonchev–Trinajstić information content (AvgIpc) is 3.34. The van der Waals surface area contributed by atoms with Crippen LogP contribution in [0.1, 0.15) is 33.5 Å². The van der Waals surface area contributed by atoms with Gasteiger partial charge in [-0.1, -0.05) is 24.3 Å². The minimum Gasteiger partial charge on any atom is -0.494 e. The van der Waals surface area contributed by atoms with Gasteiger partial charge in [0.05, 0.1) is 46.6 Å². The van der Waals surface area contributed by atoms with Crippen LogP contribution in [0.2, 0.25) is 0 Å². The number of ether oxygens (including phenoxy) is 2. The van der Waals surface area contributed by atoms with Crippen molar-refractivity contribution < 1.29 is 74.0 Å². The van der Waals surface area contributed by atoms with Gasteiger partial charge in [0, 0.05) is 35.2 Å². The molecule has 77 heavy (non-hydrogen) atoms. The fraction of sp³-hybridized carbons (Fsp3) is 0.130. The molecule has 0 fully saturated rings. The molecule has 1 heterocycles. The monoisotopic (exact) mass is 1150 g/mol. The van der Waals surface area contributed by atoms with Gasteiger partial charge in [0.15, 0.2) is 5.82 Å². The maximum Gasteiger partial charge on any atom is 0.425 e. The summed E-state index contributed by atoms with van der Waals surface area (Å²) >= 11 is 0. The molecule has 7 rings (SSSR count). The number of aromatic nitrogens is 1. The highest BCUT2D eigenvalue weighted by Crippen LogP contribution is 2.42. The number of methoxy groups -OCH3 is 2. The second kappa shape index (κ2) is 23.3. The van der Waals surface area contributed by atoms with Gasteiger partial charge < -0.3 is 14.8 Å². The van der Waals surface area contributed by atoms with Gasteiger partial charge in [-0.3, -0.25) is 18.2 Å². The molecule has 26 nitrogen and oxygen atoms in total. The number of rotatable bonds is 16. The van der Waals surface area contributed by atoms with Crippen LogP contribution in [-0.4, -0.2) is 83.7 Å². The lowest BCUT2D eigenvalue weighted by Gasteiger charge is -2.15. The van der Waals surface area contributed by atoms with E-state index in [-0.39, 0.29) is 78.3 Å². The molecule has 0 bridgehead atoms. The number of nitriles is 1. The Morgan fingerprint density at radius 1 is 0.584 bits per heavy atom. The van der Waals surface area contributed by atoms with Crippen molar-refractivity contribution >= 4 is 107 Å². The lowest BCUT2D eigenvalue weighted by Crippen LogP contribution is -2.05. The molecule has 0 radical (unpaired) electrons. The zero-order chi connectivity index (χ0) is 56.8. The molecule has 0 amide bonds. The van der Waals surface area contributed by atoms with Crippen LogP contribution in [0.25, 0.3) is 10.8 Å². The Balaban J connectivity index is 0.00000232. The number of fused-ring (bicyclic) bond motifs is 1. The lowest BCUT2D eigenvalue weighted by atomic mass is 10.0. The molecule has 0 saturated carbocycles. The first-order chi connectivity index (χ1) is 36.0. The maximum absolute atomic E-state index is 12.4. The third-order valence-electron chi connectivity index (χ3n) is 10.9. The number of benzene rings is 6. The van der Waals surface area contributed by atoms with E-state index in [2.05, 4.69) is 42.1 Å². The van der Waals surface area contributed by atoms with Crippen LogP contribution in [0.15, 0.2) is 153 Å². The number of aryl methyl sites for hydroxylation is 2. The molecule has 0 aliphatic carbocycles. The number of azo groups is 3. The molecule has 5 N–H and O–H groups in total. The summed E-state index contributed by atoms with van der Waals surface area (Å²) in [6, 6.07) is 24.5. The minimum atomic E-state index is -4.90. The molecule has 31 heteroatoms. The fourth-order valence-corrected chi connectivity index (χ4v) is 9.48. The van der Waals surface area contributed by atoms with Crippen molar-refractivity contribution in [2.45, 2.75) is 46.8 Å². The van der Waals surface area contributed by atoms with Crippen molar-refractivity contribution in [1.29, 1.82) is 5.26 Å². The van der Waals surface area contributed by atoms with E-state index in [9.17, 15) is 57.1 Å². The number of pyridine rings is 1. The largest absolute Gasteiger partial charge is 0.494 e. The molecular weight excluding hydrogens is 1110 g/mol. The summed E-state index contributed by atoms with van der Waals surface area (Å²) < 4.78 is 171. The number of hydrogen-bond acceptors (Lipinski definition) is 22. The van der Waals surface area contributed by atoms with E-state index in [1.807, 2.05) is 0 Å². The summed E-state index contributed by atoms with van der Waals surface area (Å²) in [5.74, 6) is 0.421. The number of hydrogen-bond donors (Lipinski definition) is 5. The zero-order valence-corrected chi connectivity index (χ0v) is 44.3. The Labute approximate surface area is 440 Å². The smallest absolute Gasteiger partial charge is 0.425 e. The van der Waals surface area contributed by atoms with Crippen molar-refractivity contribution in [2.75, 3.05) is 19.5 Å². The number of nitrogens with zero attached hydrogens (tertiary/aromatic N) is 8. The first-order valence-corrected chi connectivity index (χ1v) is 28.0. The molecular formula is C46H39N9O17S5. The fourth-order valence-electron chi connectivity index (χ4n) is 7.18. The third kappa shape index (κ3) is 14.3. The molecule has 7 aromatic rings. The lowest BCUT2D eigenvalue weighted by molar-refractivity contribution is 0.415. The Morgan fingerprint density at radius 3 is 1.52 bits per heavy atom. The summed E-state index contributed by atoms with van der Waals surface area (Å²) in [4.78, 5) is 2.81. The Morgan fingerprint density at radius 2 is 1.05 bits per heavy atom. The summed E-state index contributed by atoms with van der Waals surface area (Å²) in [6.07, 6.45) is 0.0320. The normalized spacial score (nSPS) is 12.2. The van der Waals surface area contributed by atoms with Gasteiger partial charge in [-0.2, -0.15) is 49.2 Å². The van der Waals surface area contributed by atoms with Crippen molar-refractivity contribution in [3.63, 3.8) is 0 Å². The predicted octanol–water partition coefficient (Wildman–Crippen LogP) is 9.61.